The van der Waals surface area contributed by atoms with Crippen molar-refractivity contribution in [3.8, 4) is 5.75 Å². The molecule has 0 spiro atoms. The molecule has 2 amide bonds. The molecule has 0 radical (unpaired) electrons. The molecule has 2 fully saturated rings. The molecule has 0 aliphatic carbocycles. The van der Waals surface area contributed by atoms with E-state index in [2.05, 4.69) is 4.90 Å². The third-order valence-electron chi connectivity index (χ3n) is 5.41. The molecule has 1 atom stereocenters. The zero-order chi connectivity index (χ0) is 19.2. The third-order valence-corrected chi connectivity index (χ3v) is 5.41. The van der Waals surface area contributed by atoms with E-state index in [0.717, 1.165) is 32.5 Å². The smallest absolute Gasteiger partial charge is 0.254 e. The Labute approximate surface area is 160 Å². The summed E-state index contributed by atoms with van der Waals surface area (Å²) in [6.45, 7) is 4.93. The fourth-order valence-corrected chi connectivity index (χ4v) is 3.88. The van der Waals surface area contributed by atoms with Gasteiger partial charge >= 0.3 is 0 Å². The van der Waals surface area contributed by atoms with Crippen LogP contribution >= 0.6 is 0 Å². The molecule has 27 heavy (non-hydrogen) atoms. The van der Waals surface area contributed by atoms with Crippen molar-refractivity contribution in [1.82, 2.24) is 14.7 Å². The topological polar surface area (TPSA) is 62.3 Å². The van der Waals surface area contributed by atoms with E-state index in [9.17, 15) is 9.59 Å². The van der Waals surface area contributed by atoms with E-state index in [1.165, 1.54) is 0 Å². The van der Waals surface area contributed by atoms with Crippen molar-refractivity contribution in [2.45, 2.75) is 18.9 Å². The predicted octanol–water partition coefficient (Wildman–Crippen LogP) is 1.09. The van der Waals surface area contributed by atoms with Crippen LogP contribution in [0.4, 0.5) is 0 Å². The average molecular weight is 375 g/mol. The molecule has 7 heteroatoms. The molecule has 2 aliphatic rings. The summed E-state index contributed by atoms with van der Waals surface area (Å²) in [5.41, 5.74) is 0.644. The van der Waals surface area contributed by atoms with Crippen LogP contribution in [0.3, 0.4) is 0 Å². The molecule has 2 saturated heterocycles. The number of ether oxygens (including phenoxy) is 2. The summed E-state index contributed by atoms with van der Waals surface area (Å²) in [4.78, 5) is 31.5. The van der Waals surface area contributed by atoms with Crippen LogP contribution in [0.15, 0.2) is 24.3 Å². The highest BCUT2D eigenvalue weighted by Gasteiger charge is 2.36. The molecule has 7 nitrogen and oxygen atoms in total. The van der Waals surface area contributed by atoms with Crippen LogP contribution in [0.25, 0.3) is 0 Å². The van der Waals surface area contributed by atoms with E-state index >= 15 is 0 Å². The maximum atomic E-state index is 12.8. The lowest BCUT2D eigenvalue weighted by atomic mass is 10.2. The predicted molar refractivity (Wildman–Crippen MR) is 102 cm³/mol. The molecule has 0 bridgehead atoms. The number of carbonyl (C=O) groups excluding carboxylic acids is 2. The van der Waals surface area contributed by atoms with Crippen LogP contribution in [0.2, 0.25) is 0 Å². The van der Waals surface area contributed by atoms with Gasteiger partial charge in [0, 0.05) is 51.9 Å². The molecule has 2 heterocycles. The molecule has 0 aromatic heterocycles. The average Bonchev–Trinajstić information content (AvgIpc) is 2.91. The number of likely N-dealkylation sites (tertiary alicyclic amines) is 1. The summed E-state index contributed by atoms with van der Waals surface area (Å²) in [5, 5.41) is 0. The summed E-state index contributed by atoms with van der Waals surface area (Å²) < 4.78 is 10.3. The first-order chi connectivity index (χ1) is 13.1. The van der Waals surface area contributed by atoms with Crippen molar-refractivity contribution in [1.29, 1.82) is 0 Å². The lowest BCUT2D eigenvalue weighted by molar-refractivity contribution is -0.132. The van der Waals surface area contributed by atoms with E-state index in [-0.39, 0.29) is 17.9 Å². The highest BCUT2D eigenvalue weighted by atomic mass is 16.5. The number of methoxy groups -OCH3 is 2. The Hall–Kier alpha value is -2.12. The van der Waals surface area contributed by atoms with Crippen molar-refractivity contribution in [2.24, 2.45) is 0 Å². The Balaban J connectivity index is 1.59. The summed E-state index contributed by atoms with van der Waals surface area (Å²) in [6, 6.07) is 7.21. The number of hydrogen-bond acceptors (Lipinski definition) is 5. The van der Waals surface area contributed by atoms with E-state index in [0.29, 0.717) is 37.6 Å². The minimum atomic E-state index is -0.0614. The van der Waals surface area contributed by atoms with Crippen LogP contribution in [-0.4, -0.2) is 92.7 Å². The first kappa shape index (κ1) is 19.6. The first-order valence-electron chi connectivity index (χ1n) is 9.59. The maximum absolute atomic E-state index is 12.8. The second-order valence-corrected chi connectivity index (χ2v) is 7.04. The molecule has 0 saturated carbocycles. The Morgan fingerprint density at radius 1 is 1.15 bits per heavy atom. The second-order valence-electron chi connectivity index (χ2n) is 7.04. The Morgan fingerprint density at radius 2 is 2.00 bits per heavy atom. The van der Waals surface area contributed by atoms with Crippen LogP contribution in [0, 0.1) is 0 Å². The highest BCUT2D eigenvalue weighted by molar-refractivity contribution is 5.94. The second kappa shape index (κ2) is 9.19. The van der Waals surface area contributed by atoms with Crippen molar-refractivity contribution < 1.29 is 19.1 Å². The van der Waals surface area contributed by atoms with Gasteiger partial charge < -0.3 is 19.3 Å². The SMILES string of the molecule is COCCN1CCC(N2CCCN(C(=O)c3cccc(OC)c3)CC2)C1=O. The summed E-state index contributed by atoms with van der Waals surface area (Å²) in [7, 11) is 3.25. The van der Waals surface area contributed by atoms with Crippen molar-refractivity contribution in [2.75, 3.05) is 60.1 Å². The molecule has 0 N–H and O–H groups in total. The molecule has 3 rings (SSSR count). The van der Waals surface area contributed by atoms with E-state index < -0.39 is 0 Å². The van der Waals surface area contributed by atoms with E-state index in [1.54, 1.807) is 20.3 Å². The van der Waals surface area contributed by atoms with Crippen LogP contribution in [0.5, 0.6) is 5.75 Å². The highest BCUT2D eigenvalue weighted by Crippen LogP contribution is 2.20. The molecule has 1 unspecified atom stereocenters. The van der Waals surface area contributed by atoms with Gasteiger partial charge in [-0.15, -0.1) is 0 Å². The number of amides is 2. The van der Waals surface area contributed by atoms with Crippen molar-refractivity contribution >= 4 is 11.8 Å². The summed E-state index contributed by atoms with van der Waals surface area (Å²) in [5.74, 6) is 0.903. The standard InChI is InChI=1S/C20H29N3O4/c1-26-14-13-23-10-7-18(20(23)25)21-8-4-9-22(12-11-21)19(24)16-5-3-6-17(15-16)27-2/h3,5-6,15,18H,4,7-14H2,1-2H3. The van der Waals surface area contributed by atoms with Crippen molar-refractivity contribution in [3.05, 3.63) is 29.8 Å². The van der Waals surface area contributed by atoms with Gasteiger partial charge in [-0.05, 0) is 31.0 Å². The van der Waals surface area contributed by atoms with Gasteiger partial charge in [0.25, 0.3) is 5.91 Å². The lowest BCUT2D eigenvalue weighted by Crippen LogP contribution is -2.44. The normalized spacial score (nSPS) is 21.4. The molecule has 1 aromatic rings. The van der Waals surface area contributed by atoms with E-state index in [4.69, 9.17) is 9.47 Å². The minimum Gasteiger partial charge on any atom is -0.497 e. The fraction of sp³-hybridized carbons (Fsp3) is 0.600. The lowest BCUT2D eigenvalue weighted by Gasteiger charge is -2.26. The van der Waals surface area contributed by atoms with Gasteiger partial charge in [0.2, 0.25) is 5.91 Å². The number of hydrogen-bond donors (Lipinski definition) is 0. The first-order valence-corrected chi connectivity index (χ1v) is 9.59. The number of carbonyl (C=O) groups is 2. The molecule has 1 aromatic carbocycles. The zero-order valence-corrected chi connectivity index (χ0v) is 16.2. The monoisotopic (exact) mass is 375 g/mol. The Bertz CT molecular complexity index is 666. The van der Waals surface area contributed by atoms with Gasteiger partial charge in [0.15, 0.2) is 0 Å². The minimum absolute atomic E-state index is 0.0234. The summed E-state index contributed by atoms with van der Waals surface area (Å²) >= 11 is 0. The maximum Gasteiger partial charge on any atom is 0.254 e. The van der Waals surface area contributed by atoms with Crippen LogP contribution in [-0.2, 0) is 9.53 Å². The largest absolute Gasteiger partial charge is 0.497 e. The van der Waals surface area contributed by atoms with Crippen molar-refractivity contribution in [3.63, 3.8) is 0 Å². The Kier molecular flexibility index (Phi) is 6.68. The third kappa shape index (κ3) is 4.59. The van der Waals surface area contributed by atoms with Gasteiger partial charge in [-0.25, -0.2) is 0 Å². The molecule has 148 valence electrons. The fourth-order valence-electron chi connectivity index (χ4n) is 3.88. The van der Waals surface area contributed by atoms with Gasteiger partial charge in [-0.2, -0.15) is 0 Å². The molecule has 2 aliphatic heterocycles. The van der Waals surface area contributed by atoms with Gasteiger partial charge in [0.05, 0.1) is 19.8 Å². The van der Waals surface area contributed by atoms with Crippen LogP contribution in [0.1, 0.15) is 23.2 Å². The number of benzene rings is 1. The molecular weight excluding hydrogens is 346 g/mol. The van der Waals surface area contributed by atoms with Crippen LogP contribution < -0.4 is 4.74 Å². The van der Waals surface area contributed by atoms with E-state index in [1.807, 2.05) is 28.0 Å². The summed E-state index contributed by atoms with van der Waals surface area (Å²) in [6.07, 6.45) is 1.73. The van der Waals surface area contributed by atoms with Gasteiger partial charge in [-0.1, -0.05) is 6.07 Å². The quantitative estimate of drug-likeness (QED) is 0.745. The molecular formula is C20H29N3O4. The number of nitrogens with zero attached hydrogens (tertiary/aromatic N) is 3. The Morgan fingerprint density at radius 3 is 2.78 bits per heavy atom. The van der Waals surface area contributed by atoms with Gasteiger partial charge in [0.1, 0.15) is 5.75 Å². The van der Waals surface area contributed by atoms with Gasteiger partial charge in [-0.3, -0.25) is 14.5 Å². The zero-order valence-electron chi connectivity index (χ0n) is 16.2. The number of rotatable bonds is 6.